The van der Waals surface area contributed by atoms with Crippen LogP contribution < -0.4 is 5.32 Å². The number of nitrogens with one attached hydrogen (secondary N) is 1. The number of hydrogen-bond acceptors (Lipinski definition) is 4. The minimum absolute atomic E-state index is 0.0533. The number of rotatable bonds is 3. The molecular formula is C12H16N2O3. The largest absolute Gasteiger partial charge is 0.387 e. The van der Waals surface area contributed by atoms with Crippen LogP contribution in [0, 0.1) is 10.1 Å². The van der Waals surface area contributed by atoms with Gasteiger partial charge >= 0.3 is 0 Å². The first-order valence-electron chi connectivity index (χ1n) is 5.84. The fraction of sp³-hybridized carbons (Fsp3) is 0.500. The number of hydrogen-bond donors (Lipinski definition) is 2. The van der Waals surface area contributed by atoms with Crippen LogP contribution in [0.15, 0.2) is 24.3 Å². The van der Waals surface area contributed by atoms with Crippen molar-refractivity contribution in [3.63, 3.8) is 0 Å². The van der Waals surface area contributed by atoms with E-state index in [2.05, 4.69) is 5.32 Å². The lowest BCUT2D eigenvalue weighted by atomic mass is 9.95. The summed E-state index contributed by atoms with van der Waals surface area (Å²) < 4.78 is 0. The van der Waals surface area contributed by atoms with Crippen molar-refractivity contribution in [1.29, 1.82) is 0 Å². The average Bonchev–Trinajstić information content (AvgIpc) is 2.39. The zero-order chi connectivity index (χ0) is 12.3. The molecule has 5 nitrogen and oxygen atoms in total. The normalized spacial score (nSPS) is 22.1. The number of non-ortho nitro benzene ring substituents is 1. The van der Waals surface area contributed by atoms with Crippen LogP contribution in [0.3, 0.4) is 0 Å². The van der Waals surface area contributed by atoms with E-state index >= 15 is 0 Å². The van der Waals surface area contributed by atoms with E-state index in [4.69, 9.17) is 0 Å². The average molecular weight is 236 g/mol. The summed E-state index contributed by atoms with van der Waals surface area (Å²) in [6.07, 6.45) is 2.61. The Morgan fingerprint density at radius 2 is 2.06 bits per heavy atom. The van der Waals surface area contributed by atoms with Crippen LogP contribution >= 0.6 is 0 Å². The molecule has 1 aliphatic heterocycles. The van der Waals surface area contributed by atoms with Gasteiger partial charge in [0, 0.05) is 18.2 Å². The highest BCUT2D eigenvalue weighted by atomic mass is 16.6. The lowest BCUT2D eigenvalue weighted by molar-refractivity contribution is -0.384. The number of nitro groups is 1. The van der Waals surface area contributed by atoms with Gasteiger partial charge < -0.3 is 10.4 Å². The Balaban J connectivity index is 2.07. The maximum atomic E-state index is 10.5. The molecule has 17 heavy (non-hydrogen) atoms. The summed E-state index contributed by atoms with van der Waals surface area (Å²) >= 11 is 0. The Labute approximate surface area is 99.6 Å². The van der Waals surface area contributed by atoms with E-state index in [1.54, 1.807) is 12.1 Å². The van der Waals surface area contributed by atoms with Crippen LogP contribution in [-0.4, -0.2) is 22.6 Å². The second-order valence-corrected chi connectivity index (χ2v) is 4.35. The number of piperidine rings is 1. The number of aliphatic hydroxyl groups is 1. The molecule has 0 spiro atoms. The molecule has 1 aromatic rings. The van der Waals surface area contributed by atoms with Gasteiger partial charge in [-0.3, -0.25) is 10.1 Å². The van der Waals surface area contributed by atoms with Crippen LogP contribution in [-0.2, 0) is 0 Å². The molecule has 0 aromatic heterocycles. The standard InChI is InChI=1S/C12H16N2O3/c15-12(11-3-1-2-8-13-11)9-4-6-10(7-5-9)14(16)17/h4-7,11-13,15H,1-3,8H2. The van der Waals surface area contributed by atoms with Gasteiger partial charge in [0.1, 0.15) is 0 Å². The second kappa shape index (κ2) is 5.25. The molecule has 92 valence electrons. The molecular weight excluding hydrogens is 220 g/mol. The molecule has 0 aliphatic carbocycles. The highest BCUT2D eigenvalue weighted by Crippen LogP contribution is 2.24. The van der Waals surface area contributed by atoms with Crippen LogP contribution in [0.1, 0.15) is 30.9 Å². The third-order valence-corrected chi connectivity index (χ3v) is 3.17. The lowest BCUT2D eigenvalue weighted by Gasteiger charge is -2.28. The molecule has 1 heterocycles. The van der Waals surface area contributed by atoms with Crippen LogP contribution in [0.25, 0.3) is 0 Å². The second-order valence-electron chi connectivity index (χ2n) is 4.35. The summed E-state index contributed by atoms with van der Waals surface area (Å²) in [4.78, 5) is 10.1. The van der Waals surface area contributed by atoms with Gasteiger partial charge in [0.15, 0.2) is 0 Å². The highest BCUT2D eigenvalue weighted by molar-refractivity contribution is 5.34. The molecule has 1 aliphatic rings. The third kappa shape index (κ3) is 2.81. The molecule has 2 N–H and O–H groups in total. The molecule has 1 saturated heterocycles. The van der Waals surface area contributed by atoms with E-state index in [1.807, 2.05) is 0 Å². The van der Waals surface area contributed by atoms with Crippen molar-refractivity contribution < 1.29 is 10.0 Å². The van der Waals surface area contributed by atoms with Crippen molar-refractivity contribution in [2.75, 3.05) is 6.54 Å². The van der Waals surface area contributed by atoms with Crippen molar-refractivity contribution in [3.05, 3.63) is 39.9 Å². The van der Waals surface area contributed by atoms with E-state index < -0.39 is 11.0 Å². The molecule has 2 rings (SSSR count). The number of nitrogens with zero attached hydrogens (tertiary/aromatic N) is 1. The van der Waals surface area contributed by atoms with Gasteiger partial charge in [0.25, 0.3) is 5.69 Å². The molecule has 0 saturated carbocycles. The Kier molecular flexibility index (Phi) is 3.71. The summed E-state index contributed by atoms with van der Waals surface area (Å²) in [5.74, 6) is 0. The van der Waals surface area contributed by atoms with Crippen molar-refractivity contribution in [2.24, 2.45) is 0 Å². The topological polar surface area (TPSA) is 75.4 Å². The first kappa shape index (κ1) is 12.0. The van der Waals surface area contributed by atoms with E-state index in [0.29, 0.717) is 0 Å². The zero-order valence-electron chi connectivity index (χ0n) is 9.50. The van der Waals surface area contributed by atoms with Crippen molar-refractivity contribution in [1.82, 2.24) is 5.32 Å². The summed E-state index contributed by atoms with van der Waals surface area (Å²) in [6, 6.07) is 6.17. The van der Waals surface area contributed by atoms with E-state index in [-0.39, 0.29) is 11.7 Å². The Morgan fingerprint density at radius 3 is 2.59 bits per heavy atom. The van der Waals surface area contributed by atoms with Gasteiger partial charge in [-0.1, -0.05) is 6.42 Å². The Bertz CT molecular complexity index is 385. The SMILES string of the molecule is O=[N+]([O-])c1ccc(C(O)C2CCCCN2)cc1. The third-order valence-electron chi connectivity index (χ3n) is 3.17. The Morgan fingerprint density at radius 1 is 1.35 bits per heavy atom. The van der Waals surface area contributed by atoms with Crippen LogP contribution in [0.2, 0.25) is 0 Å². The smallest absolute Gasteiger partial charge is 0.269 e. The summed E-state index contributed by atoms with van der Waals surface area (Å²) in [5.41, 5.74) is 0.785. The molecule has 2 atom stereocenters. The summed E-state index contributed by atoms with van der Waals surface area (Å²) in [5, 5.41) is 23.9. The monoisotopic (exact) mass is 236 g/mol. The van der Waals surface area contributed by atoms with Crippen molar-refractivity contribution in [3.8, 4) is 0 Å². The van der Waals surface area contributed by atoms with Crippen LogP contribution in [0.5, 0.6) is 0 Å². The van der Waals surface area contributed by atoms with E-state index in [0.717, 1.165) is 31.4 Å². The molecule has 1 aromatic carbocycles. The first-order chi connectivity index (χ1) is 8.18. The van der Waals surface area contributed by atoms with Gasteiger partial charge in [-0.2, -0.15) is 0 Å². The van der Waals surface area contributed by atoms with Crippen molar-refractivity contribution >= 4 is 5.69 Å². The van der Waals surface area contributed by atoms with Crippen LogP contribution in [0.4, 0.5) is 5.69 Å². The molecule has 2 unspecified atom stereocenters. The molecule has 5 heteroatoms. The molecule has 0 radical (unpaired) electrons. The fourth-order valence-electron chi connectivity index (χ4n) is 2.17. The van der Waals surface area contributed by atoms with E-state index in [9.17, 15) is 15.2 Å². The summed E-state index contributed by atoms with van der Waals surface area (Å²) in [7, 11) is 0. The van der Waals surface area contributed by atoms with Gasteiger partial charge in [0.2, 0.25) is 0 Å². The Hall–Kier alpha value is -1.46. The fourth-order valence-corrected chi connectivity index (χ4v) is 2.17. The number of benzene rings is 1. The first-order valence-corrected chi connectivity index (χ1v) is 5.84. The predicted octanol–water partition coefficient (Wildman–Crippen LogP) is 1.77. The van der Waals surface area contributed by atoms with E-state index in [1.165, 1.54) is 12.1 Å². The minimum atomic E-state index is -0.587. The van der Waals surface area contributed by atoms with Crippen molar-refractivity contribution in [2.45, 2.75) is 31.4 Å². The maximum Gasteiger partial charge on any atom is 0.269 e. The van der Waals surface area contributed by atoms with Gasteiger partial charge in [0.05, 0.1) is 11.0 Å². The highest BCUT2D eigenvalue weighted by Gasteiger charge is 2.22. The zero-order valence-corrected chi connectivity index (χ0v) is 9.50. The predicted molar refractivity (Wildman–Crippen MR) is 63.7 cm³/mol. The summed E-state index contributed by atoms with van der Waals surface area (Å²) in [6.45, 7) is 0.925. The molecule has 0 amide bonds. The number of nitro benzene ring substituents is 1. The van der Waals surface area contributed by atoms with Gasteiger partial charge in [-0.05, 0) is 37.1 Å². The van der Waals surface area contributed by atoms with Gasteiger partial charge in [-0.15, -0.1) is 0 Å². The number of aliphatic hydroxyl groups excluding tert-OH is 1. The van der Waals surface area contributed by atoms with Gasteiger partial charge in [-0.25, -0.2) is 0 Å². The minimum Gasteiger partial charge on any atom is -0.387 e. The molecule has 0 bridgehead atoms. The lowest BCUT2D eigenvalue weighted by Crippen LogP contribution is -2.38. The maximum absolute atomic E-state index is 10.5. The molecule has 1 fully saturated rings. The quantitative estimate of drug-likeness (QED) is 0.619.